The van der Waals surface area contributed by atoms with E-state index in [4.69, 9.17) is 10.3 Å². The molecule has 7 nitrogen and oxygen atoms in total. The molecule has 4 heterocycles. The lowest BCUT2D eigenvalue weighted by atomic mass is 9.86. The molecule has 156 valence electrons. The van der Waals surface area contributed by atoms with Crippen molar-refractivity contribution in [1.29, 1.82) is 0 Å². The average Bonchev–Trinajstić information content (AvgIpc) is 3.18. The molecule has 3 N–H and O–H groups in total. The maximum atomic E-state index is 14.9. The lowest BCUT2D eigenvalue weighted by molar-refractivity contribution is 0.0995. The molecule has 2 atom stereocenters. The lowest BCUT2D eigenvalue weighted by Gasteiger charge is -2.25. The number of aromatic nitrogens is 3. The highest BCUT2D eigenvalue weighted by Crippen LogP contribution is 2.48. The highest BCUT2D eigenvalue weighted by Gasteiger charge is 2.35. The molecule has 0 spiro atoms. The van der Waals surface area contributed by atoms with Crippen LogP contribution in [0.25, 0.3) is 17.0 Å². The molecule has 2 bridgehead atoms. The topological polar surface area (TPSA) is 107 Å². The van der Waals surface area contributed by atoms with Crippen molar-refractivity contribution in [2.24, 2.45) is 5.73 Å². The number of aliphatic hydroxyl groups is 1. The van der Waals surface area contributed by atoms with Gasteiger partial charge < -0.3 is 19.9 Å². The van der Waals surface area contributed by atoms with Crippen LogP contribution in [-0.2, 0) is 5.60 Å². The van der Waals surface area contributed by atoms with Crippen molar-refractivity contribution < 1.29 is 18.8 Å². The molecule has 2 aromatic heterocycles. The Morgan fingerprint density at radius 2 is 2.10 bits per heavy atom. The Labute approximate surface area is 177 Å². The maximum absolute atomic E-state index is 14.9. The lowest BCUT2D eigenvalue weighted by Crippen LogP contribution is -2.19. The second kappa shape index (κ2) is 6.40. The fourth-order valence-electron chi connectivity index (χ4n) is 4.10. The Bertz CT molecular complexity index is 1370. The first-order valence-electron chi connectivity index (χ1n) is 9.78. The number of carbonyl (C=O) groups is 1. The third-order valence-electron chi connectivity index (χ3n) is 5.80. The predicted molar refractivity (Wildman–Crippen MR) is 110 cm³/mol. The maximum Gasteiger partial charge on any atom is 0.269 e. The van der Waals surface area contributed by atoms with Crippen LogP contribution in [-0.4, -0.2) is 25.7 Å². The van der Waals surface area contributed by atoms with Crippen LogP contribution < -0.4 is 5.73 Å². The van der Waals surface area contributed by atoms with Gasteiger partial charge in [-0.15, -0.1) is 0 Å². The number of aryl methyl sites for hydroxylation is 1. The quantitative estimate of drug-likeness (QED) is 0.622. The Hall–Kier alpha value is -3.70. The summed E-state index contributed by atoms with van der Waals surface area (Å²) < 4.78 is 21.9. The van der Waals surface area contributed by atoms with E-state index in [9.17, 15) is 14.3 Å². The minimum Gasteiger partial charge on any atom is -0.372 e. The number of nitrogens with two attached hydrogens (primary N) is 1. The normalized spacial score (nSPS) is 17.8. The van der Waals surface area contributed by atoms with Crippen molar-refractivity contribution in [1.82, 2.24) is 14.7 Å². The first-order chi connectivity index (χ1) is 14.7. The zero-order valence-electron chi connectivity index (χ0n) is 17.2. The number of primary amides is 1. The number of amides is 1. The van der Waals surface area contributed by atoms with Gasteiger partial charge in [-0.3, -0.25) is 4.79 Å². The van der Waals surface area contributed by atoms with Gasteiger partial charge in [-0.2, -0.15) is 0 Å². The fourth-order valence-corrected chi connectivity index (χ4v) is 4.10. The third kappa shape index (κ3) is 2.89. The first-order valence-corrected chi connectivity index (χ1v) is 9.78. The van der Waals surface area contributed by atoms with Gasteiger partial charge in [0.25, 0.3) is 5.91 Å². The molecule has 0 fully saturated rings. The van der Waals surface area contributed by atoms with Crippen molar-refractivity contribution in [3.63, 3.8) is 0 Å². The number of hydrogen-bond acceptors (Lipinski definition) is 5. The standard InChI is InChI=1S/C23H19FN4O3/c1-11-6-19(27-31-11)23(3,30)5-4-13-9-17-16(10-18(13)24)14-7-15(8-14)28-12(2)20(21(25)29)26-22(17)28/h6-7,9-10,15,30H,8H2,1-3H3,(H2,25,29)/t15?,23-/m1/s1. The van der Waals surface area contributed by atoms with Crippen LogP contribution >= 0.6 is 0 Å². The summed E-state index contributed by atoms with van der Waals surface area (Å²) in [6.45, 7) is 4.97. The second-order valence-corrected chi connectivity index (χ2v) is 8.09. The zero-order chi connectivity index (χ0) is 22.1. The van der Waals surface area contributed by atoms with Crippen LogP contribution in [0.4, 0.5) is 4.39 Å². The number of rotatable bonds is 2. The van der Waals surface area contributed by atoms with E-state index in [0.717, 1.165) is 17.6 Å². The Morgan fingerprint density at radius 3 is 2.74 bits per heavy atom. The number of hydrogen-bond donors (Lipinski definition) is 2. The van der Waals surface area contributed by atoms with Crippen LogP contribution in [0.2, 0.25) is 0 Å². The predicted octanol–water partition coefficient (Wildman–Crippen LogP) is 2.99. The molecular weight excluding hydrogens is 399 g/mol. The van der Waals surface area contributed by atoms with E-state index in [1.807, 2.05) is 10.6 Å². The number of benzene rings is 1. The molecule has 1 amide bonds. The van der Waals surface area contributed by atoms with E-state index in [-0.39, 0.29) is 23.0 Å². The molecule has 0 radical (unpaired) electrons. The zero-order valence-corrected chi connectivity index (χ0v) is 17.2. The molecule has 1 unspecified atom stereocenters. The largest absolute Gasteiger partial charge is 0.372 e. The minimum absolute atomic E-state index is 0.0479. The highest BCUT2D eigenvalue weighted by atomic mass is 19.1. The van der Waals surface area contributed by atoms with Crippen LogP contribution in [0, 0.1) is 31.5 Å². The average molecular weight is 418 g/mol. The van der Waals surface area contributed by atoms with Crippen molar-refractivity contribution in [2.75, 3.05) is 0 Å². The summed E-state index contributed by atoms with van der Waals surface area (Å²) in [4.78, 5) is 16.3. The molecule has 0 saturated carbocycles. The fraction of sp³-hybridized carbons (Fsp3) is 0.261. The summed E-state index contributed by atoms with van der Waals surface area (Å²) in [5.74, 6) is 5.38. The van der Waals surface area contributed by atoms with E-state index in [1.165, 1.54) is 13.0 Å². The van der Waals surface area contributed by atoms with Gasteiger partial charge in [0.05, 0.1) is 11.6 Å². The van der Waals surface area contributed by atoms with E-state index >= 15 is 0 Å². The molecule has 31 heavy (non-hydrogen) atoms. The number of carbonyl (C=O) groups excluding carboxylic acids is 1. The molecule has 1 aromatic carbocycles. The Kier molecular flexibility index (Phi) is 3.98. The van der Waals surface area contributed by atoms with Gasteiger partial charge in [0.1, 0.15) is 28.8 Å². The van der Waals surface area contributed by atoms with Gasteiger partial charge in [0.2, 0.25) is 0 Å². The van der Waals surface area contributed by atoms with Gasteiger partial charge in [-0.25, -0.2) is 9.37 Å². The van der Waals surface area contributed by atoms with Crippen LogP contribution in [0.15, 0.2) is 28.8 Å². The van der Waals surface area contributed by atoms with Gasteiger partial charge in [-0.05, 0) is 50.5 Å². The molecular formula is C23H19FN4O3. The van der Waals surface area contributed by atoms with Crippen LogP contribution in [0.3, 0.4) is 0 Å². The Balaban J connectivity index is 1.65. The molecule has 8 heteroatoms. The van der Waals surface area contributed by atoms with Crippen LogP contribution in [0.1, 0.15) is 58.1 Å². The third-order valence-corrected chi connectivity index (χ3v) is 5.80. The van der Waals surface area contributed by atoms with Crippen molar-refractivity contribution in [3.8, 4) is 23.2 Å². The summed E-state index contributed by atoms with van der Waals surface area (Å²) in [6, 6.07) is 4.66. The first kappa shape index (κ1) is 19.3. The Morgan fingerprint density at radius 1 is 1.35 bits per heavy atom. The molecule has 0 saturated heterocycles. The van der Waals surface area contributed by atoms with Crippen LogP contribution in [0.5, 0.6) is 0 Å². The number of nitrogens with zero attached hydrogens (tertiary/aromatic N) is 3. The van der Waals surface area contributed by atoms with E-state index < -0.39 is 17.3 Å². The van der Waals surface area contributed by atoms with Crippen molar-refractivity contribution >= 4 is 11.5 Å². The van der Waals surface area contributed by atoms with Gasteiger partial charge >= 0.3 is 0 Å². The van der Waals surface area contributed by atoms with Gasteiger partial charge in [-0.1, -0.05) is 23.1 Å². The minimum atomic E-state index is -1.62. The van der Waals surface area contributed by atoms with Gasteiger partial charge in [0, 0.05) is 17.3 Å². The van der Waals surface area contributed by atoms with Gasteiger partial charge in [0.15, 0.2) is 5.60 Å². The summed E-state index contributed by atoms with van der Waals surface area (Å²) in [5, 5.41) is 14.4. The van der Waals surface area contributed by atoms with E-state index in [1.54, 1.807) is 26.0 Å². The number of halogens is 1. The molecule has 3 aromatic rings. The monoisotopic (exact) mass is 418 g/mol. The number of imidazole rings is 1. The summed E-state index contributed by atoms with van der Waals surface area (Å²) in [7, 11) is 0. The smallest absolute Gasteiger partial charge is 0.269 e. The second-order valence-electron chi connectivity index (χ2n) is 8.09. The number of allylic oxidation sites excluding steroid dienone is 2. The van der Waals surface area contributed by atoms with Crippen molar-refractivity contribution in [2.45, 2.75) is 38.8 Å². The summed E-state index contributed by atoms with van der Waals surface area (Å²) in [5.41, 5.74) is 7.52. The van der Waals surface area contributed by atoms with E-state index in [2.05, 4.69) is 22.0 Å². The highest BCUT2D eigenvalue weighted by molar-refractivity contribution is 5.94. The summed E-state index contributed by atoms with van der Waals surface area (Å²) in [6.07, 6.45) is 2.76. The molecule has 2 aliphatic heterocycles. The van der Waals surface area contributed by atoms with Crippen molar-refractivity contribution in [3.05, 3.63) is 64.1 Å². The summed E-state index contributed by atoms with van der Waals surface area (Å²) >= 11 is 0. The molecule has 6 rings (SSSR count). The SMILES string of the molecule is Cc1cc([C@](C)(O)C#Cc2cc3c(cc2F)C2=CC(C2)n2c-3nc(C(N)=O)c2C)no1. The molecule has 3 aliphatic rings. The van der Waals surface area contributed by atoms with E-state index in [0.29, 0.717) is 22.8 Å². The molecule has 1 aliphatic carbocycles.